The van der Waals surface area contributed by atoms with E-state index in [0.29, 0.717) is 6.42 Å². The third-order valence-electron chi connectivity index (χ3n) is 2.69. The van der Waals surface area contributed by atoms with E-state index in [0.717, 1.165) is 18.4 Å². The highest BCUT2D eigenvalue weighted by Gasteiger charge is 1.96. The van der Waals surface area contributed by atoms with Crippen LogP contribution in [0.1, 0.15) is 51.0 Å². The SMILES string of the molecule is CCCCCCCC(=O)O.O=C(O)Cc1ccccc1. The summed E-state index contributed by atoms with van der Waals surface area (Å²) in [5.41, 5.74) is 0.843. The van der Waals surface area contributed by atoms with Gasteiger partial charge in [0, 0.05) is 6.42 Å². The van der Waals surface area contributed by atoms with E-state index in [1.54, 1.807) is 12.1 Å². The lowest BCUT2D eigenvalue weighted by atomic mass is 10.1. The van der Waals surface area contributed by atoms with E-state index in [2.05, 4.69) is 6.92 Å². The van der Waals surface area contributed by atoms with Gasteiger partial charge in [0.15, 0.2) is 0 Å². The Bertz CT molecular complexity index is 373. The largest absolute Gasteiger partial charge is 0.481 e. The zero-order valence-corrected chi connectivity index (χ0v) is 12.0. The maximum absolute atomic E-state index is 10.2. The summed E-state index contributed by atoms with van der Waals surface area (Å²) in [5, 5.41) is 16.6. The summed E-state index contributed by atoms with van der Waals surface area (Å²) in [4.78, 5) is 20.2. The molecule has 0 saturated carbocycles. The number of carboxylic acids is 2. The lowest BCUT2D eigenvalue weighted by molar-refractivity contribution is -0.137. The molecule has 0 aliphatic rings. The van der Waals surface area contributed by atoms with Crippen molar-refractivity contribution in [2.24, 2.45) is 0 Å². The number of benzene rings is 1. The van der Waals surface area contributed by atoms with Gasteiger partial charge in [-0.15, -0.1) is 0 Å². The predicted molar refractivity (Wildman–Crippen MR) is 78.8 cm³/mol. The molecule has 1 aromatic rings. The summed E-state index contributed by atoms with van der Waals surface area (Å²) in [6.45, 7) is 2.15. The lowest BCUT2D eigenvalue weighted by Crippen LogP contribution is -1.98. The first kappa shape index (κ1) is 18.2. The monoisotopic (exact) mass is 280 g/mol. The number of rotatable bonds is 8. The molecule has 0 aliphatic carbocycles. The van der Waals surface area contributed by atoms with Gasteiger partial charge in [-0.25, -0.2) is 0 Å². The van der Waals surface area contributed by atoms with Gasteiger partial charge >= 0.3 is 11.9 Å². The number of hydrogen-bond donors (Lipinski definition) is 2. The van der Waals surface area contributed by atoms with Crippen molar-refractivity contribution >= 4 is 11.9 Å². The molecule has 1 rings (SSSR count). The predicted octanol–water partition coefficient (Wildman–Crippen LogP) is 3.75. The molecule has 0 radical (unpaired) electrons. The summed E-state index contributed by atoms with van der Waals surface area (Å²) < 4.78 is 0. The second-order valence-corrected chi connectivity index (χ2v) is 4.61. The molecule has 0 fully saturated rings. The van der Waals surface area contributed by atoms with Gasteiger partial charge in [0.1, 0.15) is 0 Å². The highest BCUT2D eigenvalue weighted by atomic mass is 16.4. The Morgan fingerprint density at radius 3 is 2.00 bits per heavy atom. The topological polar surface area (TPSA) is 74.6 Å². The Balaban J connectivity index is 0.000000361. The second kappa shape index (κ2) is 12.2. The Kier molecular flexibility index (Phi) is 11.1. The van der Waals surface area contributed by atoms with Crippen LogP contribution < -0.4 is 0 Å². The van der Waals surface area contributed by atoms with Crippen molar-refractivity contribution in [3.8, 4) is 0 Å². The number of carbonyl (C=O) groups is 2. The standard InChI is InChI=1S/C8H8O2.C8H16O2/c9-8(10)6-7-4-2-1-3-5-7;1-2-3-4-5-6-7-8(9)10/h1-5H,6H2,(H,9,10);2-7H2,1H3,(H,9,10). The fourth-order valence-electron chi connectivity index (χ4n) is 1.65. The average molecular weight is 280 g/mol. The van der Waals surface area contributed by atoms with Crippen molar-refractivity contribution in [2.75, 3.05) is 0 Å². The molecule has 0 saturated heterocycles. The highest BCUT2D eigenvalue weighted by molar-refractivity contribution is 5.70. The second-order valence-electron chi connectivity index (χ2n) is 4.61. The third kappa shape index (κ3) is 12.6. The van der Waals surface area contributed by atoms with Crippen LogP contribution in [0.2, 0.25) is 0 Å². The summed E-state index contributed by atoms with van der Waals surface area (Å²) in [6, 6.07) is 9.13. The van der Waals surface area contributed by atoms with Crippen LogP contribution in [0.4, 0.5) is 0 Å². The van der Waals surface area contributed by atoms with Crippen molar-refractivity contribution in [1.29, 1.82) is 0 Å². The van der Waals surface area contributed by atoms with Gasteiger partial charge in [-0.3, -0.25) is 9.59 Å². The Labute approximate surface area is 120 Å². The molecular weight excluding hydrogens is 256 g/mol. The summed E-state index contributed by atoms with van der Waals surface area (Å²) >= 11 is 0. The van der Waals surface area contributed by atoms with Crippen LogP contribution in [0, 0.1) is 0 Å². The molecule has 4 nitrogen and oxygen atoms in total. The lowest BCUT2D eigenvalue weighted by Gasteiger charge is -1.95. The van der Waals surface area contributed by atoms with E-state index in [9.17, 15) is 9.59 Å². The van der Waals surface area contributed by atoms with Gasteiger partial charge < -0.3 is 10.2 Å². The minimum absolute atomic E-state index is 0.112. The molecule has 112 valence electrons. The minimum atomic E-state index is -0.786. The van der Waals surface area contributed by atoms with Crippen LogP contribution in [0.15, 0.2) is 30.3 Å². The average Bonchev–Trinajstić information content (AvgIpc) is 2.39. The smallest absolute Gasteiger partial charge is 0.307 e. The molecule has 4 heteroatoms. The van der Waals surface area contributed by atoms with Crippen molar-refractivity contribution in [3.63, 3.8) is 0 Å². The van der Waals surface area contributed by atoms with Crippen molar-refractivity contribution in [2.45, 2.75) is 51.9 Å². The molecular formula is C16H24O4. The third-order valence-corrected chi connectivity index (χ3v) is 2.69. The van der Waals surface area contributed by atoms with E-state index in [1.807, 2.05) is 18.2 Å². The number of aliphatic carboxylic acids is 2. The summed E-state index contributed by atoms with van der Waals surface area (Å²) in [6.07, 6.45) is 6.00. The highest BCUT2D eigenvalue weighted by Crippen LogP contribution is 2.04. The molecule has 0 aliphatic heterocycles. The van der Waals surface area contributed by atoms with Gasteiger partial charge in [-0.05, 0) is 12.0 Å². The van der Waals surface area contributed by atoms with Gasteiger partial charge in [0.25, 0.3) is 0 Å². The van der Waals surface area contributed by atoms with Crippen molar-refractivity contribution < 1.29 is 19.8 Å². The molecule has 0 amide bonds. The first-order chi connectivity index (χ1) is 9.56. The van der Waals surface area contributed by atoms with Crippen LogP contribution in [-0.2, 0) is 16.0 Å². The van der Waals surface area contributed by atoms with Crippen molar-refractivity contribution in [3.05, 3.63) is 35.9 Å². The van der Waals surface area contributed by atoms with E-state index in [4.69, 9.17) is 10.2 Å². The van der Waals surface area contributed by atoms with E-state index < -0.39 is 11.9 Å². The fraction of sp³-hybridized carbons (Fsp3) is 0.500. The quantitative estimate of drug-likeness (QED) is 0.711. The van der Waals surface area contributed by atoms with Gasteiger partial charge in [-0.1, -0.05) is 62.9 Å². The van der Waals surface area contributed by atoms with E-state index in [1.165, 1.54) is 19.3 Å². The maximum atomic E-state index is 10.2. The van der Waals surface area contributed by atoms with Crippen LogP contribution in [0.5, 0.6) is 0 Å². The van der Waals surface area contributed by atoms with Gasteiger partial charge in [0.05, 0.1) is 6.42 Å². The number of hydrogen-bond acceptors (Lipinski definition) is 2. The van der Waals surface area contributed by atoms with E-state index >= 15 is 0 Å². The van der Waals surface area contributed by atoms with Gasteiger partial charge in [-0.2, -0.15) is 0 Å². The molecule has 2 N–H and O–H groups in total. The molecule has 0 unspecified atom stereocenters. The maximum Gasteiger partial charge on any atom is 0.307 e. The number of carboxylic acid groups (broad SMARTS) is 2. The van der Waals surface area contributed by atoms with Crippen LogP contribution in [0.3, 0.4) is 0 Å². The molecule has 1 aromatic carbocycles. The Morgan fingerprint density at radius 2 is 1.50 bits per heavy atom. The van der Waals surface area contributed by atoms with Crippen molar-refractivity contribution in [1.82, 2.24) is 0 Å². The number of unbranched alkanes of at least 4 members (excludes halogenated alkanes) is 4. The summed E-state index contributed by atoms with van der Waals surface area (Å²) in [7, 11) is 0. The molecule has 20 heavy (non-hydrogen) atoms. The molecule has 0 bridgehead atoms. The molecule has 0 aromatic heterocycles. The van der Waals surface area contributed by atoms with Crippen LogP contribution in [-0.4, -0.2) is 22.2 Å². The zero-order chi connectivity index (χ0) is 15.2. The van der Waals surface area contributed by atoms with E-state index in [-0.39, 0.29) is 6.42 Å². The fourth-order valence-corrected chi connectivity index (χ4v) is 1.65. The molecule has 0 spiro atoms. The Morgan fingerprint density at radius 1 is 0.900 bits per heavy atom. The molecule has 0 heterocycles. The normalized spacial score (nSPS) is 9.45. The zero-order valence-electron chi connectivity index (χ0n) is 12.0. The minimum Gasteiger partial charge on any atom is -0.481 e. The molecule has 0 atom stereocenters. The van der Waals surface area contributed by atoms with Crippen LogP contribution in [0.25, 0.3) is 0 Å². The van der Waals surface area contributed by atoms with Crippen LogP contribution >= 0.6 is 0 Å². The Hall–Kier alpha value is -1.84. The van der Waals surface area contributed by atoms with Gasteiger partial charge in [0.2, 0.25) is 0 Å². The summed E-state index contributed by atoms with van der Waals surface area (Å²) in [5.74, 6) is -1.46. The first-order valence-electron chi connectivity index (χ1n) is 7.03. The first-order valence-corrected chi connectivity index (χ1v) is 7.03.